The number of hydrogen-bond acceptors (Lipinski definition) is 2. The van der Waals surface area contributed by atoms with Gasteiger partial charge in [-0.25, -0.2) is 0 Å². The molecule has 0 bridgehead atoms. The number of nitrogens with zero attached hydrogens (tertiary/aromatic N) is 1. The van der Waals surface area contributed by atoms with E-state index in [1.165, 1.54) is 0 Å². The first kappa shape index (κ1) is 10.4. The van der Waals surface area contributed by atoms with E-state index in [1.807, 2.05) is 12.1 Å². The van der Waals surface area contributed by atoms with Crippen LogP contribution in [-0.4, -0.2) is 10.9 Å². The molecule has 1 N–H and O–H groups in total. The van der Waals surface area contributed by atoms with Gasteiger partial charge in [0.05, 0.1) is 0 Å². The van der Waals surface area contributed by atoms with Crippen LogP contribution in [0.2, 0.25) is 0 Å². The van der Waals surface area contributed by atoms with Gasteiger partial charge in [0.1, 0.15) is 0 Å². The summed E-state index contributed by atoms with van der Waals surface area (Å²) in [5, 5.41) is 2.81. The summed E-state index contributed by atoms with van der Waals surface area (Å²) >= 11 is 0. The summed E-state index contributed by atoms with van der Waals surface area (Å²) in [4.78, 5) is 15.2. The molecular weight excluding hydrogens is 176 g/mol. The zero-order chi connectivity index (χ0) is 10.2. The first-order chi connectivity index (χ1) is 6.83. The molecule has 1 amide bonds. The minimum Gasteiger partial charge on any atom is -0.352 e. The maximum Gasteiger partial charge on any atom is 0.220 e. The van der Waals surface area contributed by atoms with Crippen LogP contribution in [0.1, 0.15) is 18.4 Å². The first-order valence-electron chi connectivity index (χ1n) is 4.59. The van der Waals surface area contributed by atoms with Crippen LogP contribution in [0, 0.1) is 0 Å². The van der Waals surface area contributed by atoms with E-state index in [-0.39, 0.29) is 5.91 Å². The van der Waals surface area contributed by atoms with E-state index in [0.29, 0.717) is 13.0 Å². The molecule has 0 radical (unpaired) electrons. The summed E-state index contributed by atoms with van der Waals surface area (Å²) in [6.45, 7) is 4.11. The molecule has 0 unspecified atom stereocenters. The molecule has 3 heteroatoms. The molecule has 3 nitrogen and oxygen atoms in total. The van der Waals surface area contributed by atoms with Gasteiger partial charge in [-0.3, -0.25) is 9.78 Å². The van der Waals surface area contributed by atoms with Gasteiger partial charge in [0.25, 0.3) is 0 Å². The zero-order valence-corrected chi connectivity index (χ0v) is 8.07. The quantitative estimate of drug-likeness (QED) is 0.717. The van der Waals surface area contributed by atoms with E-state index < -0.39 is 0 Å². The Morgan fingerprint density at radius 3 is 3.14 bits per heavy atom. The summed E-state index contributed by atoms with van der Waals surface area (Å²) in [5.41, 5.74) is 1.01. The molecule has 14 heavy (non-hydrogen) atoms. The number of hydrogen-bond donors (Lipinski definition) is 1. The van der Waals surface area contributed by atoms with E-state index in [2.05, 4.69) is 16.9 Å². The van der Waals surface area contributed by atoms with Crippen LogP contribution in [0.25, 0.3) is 0 Å². The number of carbonyl (C=O) groups is 1. The average molecular weight is 190 g/mol. The van der Waals surface area contributed by atoms with E-state index in [4.69, 9.17) is 0 Å². The largest absolute Gasteiger partial charge is 0.352 e. The van der Waals surface area contributed by atoms with Crippen LogP contribution >= 0.6 is 0 Å². The summed E-state index contributed by atoms with van der Waals surface area (Å²) in [5.74, 6) is 0.0498. The molecule has 1 rings (SSSR count). The molecule has 0 spiro atoms. The second-order valence-electron chi connectivity index (χ2n) is 2.97. The van der Waals surface area contributed by atoms with Crippen molar-refractivity contribution in [1.82, 2.24) is 10.3 Å². The van der Waals surface area contributed by atoms with Gasteiger partial charge >= 0.3 is 0 Å². The van der Waals surface area contributed by atoms with Gasteiger partial charge < -0.3 is 5.32 Å². The number of carbonyl (C=O) groups excluding carboxylic acids is 1. The highest BCUT2D eigenvalue weighted by molar-refractivity contribution is 5.75. The monoisotopic (exact) mass is 190 g/mol. The number of nitrogens with one attached hydrogen (secondary N) is 1. The van der Waals surface area contributed by atoms with E-state index >= 15 is 0 Å². The number of pyridine rings is 1. The third-order valence-electron chi connectivity index (χ3n) is 1.79. The molecule has 0 aliphatic heterocycles. The Balaban J connectivity index is 2.27. The molecule has 1 heterocycles. The second-order valence-corrected chi connectivity index (χ2v) is 2.97. The van der Waals surface area contributed by atoms with Gasteiger partial charge in [0, 0.05) is 25.4 Å². The summed E-state index contributed by atoms with van der Waals surface area (Å²) in [6.07, 6.45) is 6.42. The van der Waals surface area contributed by atoms with Crippen LogP contribution in [0.3, 0.4) is 0 Å². The highest BCUT2D eigenvalue weighted by Gasteiger charge is 1.98. The van der Waals surface area contributed by atoms with Crippen molar-refractivity contribution in [1.29, 1.82) is 0 Å². The molecule has 0 fully saturated rings. The number of aromatic nitrogens is 1. The molecule has 1 aromatic rings. The lowest BCUT2D eigenvalue weighted by molar-refractivity contribution is -0.121. The Bertz CT molecular complexity index is 295. The molecule has 0 aliphatic carbocycles. The van der Waals surface area contributed by atoms with Crippen molar-refractivity contribution in [2.24, 2.45) is 0 Å². The van der Waals surface area contributed by atoms with Gasteiger partial charge in [0.15, 0.2) is 0 Å². The molecule has 0 aliphatic rings. The lowest BCUT2D eigenvalue weighted by Crippen LogP contribution is -2.22. The molecule has 0 saturated heterocycles. The highest BCUT2D eigenvalue weighted by Crippen LogP contribution is 1.95. The minimum absolute atomic E-state index is 0.0498. The SMILES string of the molecule is C=CCCC(=O)NCc1cccnc1. The number of rotatable bonds is 5. The lowest BCUT2D eigenvalue weighted by Gasteiger charge is -2.03. The van der Waals surface area contributed by atoms with E-state index in [9.17, 15) is 4.79 Å². The fourth-order valence-corrected chi connectivity index (χ4v) is 1.02. The van der Waals surface area contributed by atoms with Crippen LogP contribution in [0.15, 0.2) is 37.2 Å². The zero-order valence-electron chi connectivity index (χ0n) is 8.07. The van der Waals surface area contributed by atoms with Crippen molar-refractivity contribution >= 4 is 5.91 Å². The van der Waals surface area contributed by atoms with Gasteiger partial charge in [-0.1, -0.05) is 12.1 Å². The van der Waals surface area contributed by atoms with Gasteiger partial charge in [-0.05, 0) is 18.1 Å². The normalized spacial score (nSPS) is 9.43. The molecule has 1 aromatic heterocycles. The summed E-state index contributed by atoms with van der Waals surface area (Å²) < 4.78 is 0. The third-order valence-corrected chi connectivity index (χ3v) is 1.79. The van der Waals surface area contributed by atoms with Gasteiger partial charge in [-0.15, -0.1) is 6.58 Å². The predicted octanol–water partition coefficient (Wildman–Crippen LogP) is 1.66. The Labute approximate surface area is 83.9 Å². The fourth-order valence-electron chi connectivity index (χ4n) is 1.02. The van der Waals surface area contributed by atoms with Crippen molar-refractivity contribution in [3.63, 3.8) is 0 Å². The topological polar surface area (TPSA) is 42.0 Å². The maximum absolute atomic E-state index is 11.2. The first-order valence-corrected chi connectivity index (χ1v) is 4.59. The molecule has 74 valence electrons. The Hall–Kier alpha value is -1.64. The second kappa shape index (κ2) is 5.91. The number of allylic oxidation sites excluding steroid dienone is 1. The average Bonchev–Trinajstić information content (AvgIpc) is 2.25. The van der Waals surface area contributed by atoms with Crippen molar-refractivity contribution in [3.05, 3.63) is 42.7 Å². The maximum atomic E-state index is 11.2. The predicted molar refractivity (Wildman–Crippen MR) is 55.5 cm³/mol. The Kier molecular flexibility index (Phi) is 4.41. The summed E-state index contributed by atoms with van der Waals surface area (Å²) in [7, 11) is 0. The highest BCUT2D eigenvalue weighted by atomic mass is 16.1. The fraction of sp³-hybridized carbons (Fsp3) is 0.273. The molecule has 0 aromatic carbocycles. The van der Waals surface area contributed by atoms with Crippen LogP contribution in [0.4, 0.5) is 0 Å². The minimum atomic E-state index is 0.0498. The van der Waals surface area contributed by atoms with Crippen molar-refractivity contribution in [2.75, 3.05) is 0 Å². The van der Waals surface area contributed by atoms with Crippen molar-refractivity contribution in [2.45, 2.75) is 19.4 Å². The molecule has 0 atom stereocenters. The standard InChI is InChI=1S/C11H14N2O/c1-2-3-6-11(14)13-9-10-5-4-7-12-8-10/h2,4-5,7-8H,1,3,6,9H2,(H,13,14). The third kappa shape index (κ3) is 3.85. The Morgan fingerprint density at radius 2 is 2.50 bits per heavy atom. The summed E-state index contributed by atoms with van der Waals surface area (Å²) in [6, 6.07) is 3.78. The van der Waals surface area contributed by atoms with Gasteiger partial charge in [0.2, 0.25) is 5.91 Å². The van der Waals surface area contributed by atoms with Crippen molar-refractivity contribution in [3.8, 4) is 0 Å². The van der Waals surface area contributed by atoms with Crippen LogP contribution in [0.5, 0.6) is 0 Å². The molecule has 0 saturated carbocycles. The van der Waals surface area contributed by atoms with E-state index in [1.54, 1.807) is 18.5 Å². The smallest absolute Gasteiger partial charge is 0.220 e. The lowest BCUT2D eigenvalue weighted by atomic mass is 10.2. The molecular formula is C11H14N2O. The van der Waals surface area contributed by atoms with Gasteiger partial charge in [-0.2, -0.15) is 0 Å². The van der Waals surface area contributed by atoms with Crippen molar-refractivity contribution < 1.29 is 4.79 Å². The Morgan fingerprint density at radius 1 is 1.64 bits per heavy atom. The van der Waals surface area contributed by atoms with Crippen LogP contribution < -0.4 is 5.32 Å². The van der Waals surface area contributed by atoms with E-state index in [0.717, 1.165) is 12.0 Å². The number of amides is 1. The van der Waals surface area contributed by atoms with Crippen LogP contribution in [-0.2, 0) is 11.3 Å².